The van der Waals surface area contributed by atoms with Crippen LogP contribution in [-0.2, 0) is 0 Å². The number of aromatic nitrogens is 1. The smallest absolute Gasteiger partial charge is 0.132 e. The molecule has 0 aliphatic carbocycles. The molecule has 0 spiro atoms. The van der Waals surface area contributed by atoms with E-state index in [1.54, 1.807) is 24.3 Å². The Kier molecular flexibility index (Phi) is 4.04. The van der Waals surface area contributed by atoms with Crippen molar-refractivity contribution in [1.29, 1.82) is 0 Å². The first kappa shape index (κ1) is 13.1. The van der Waals surface area contributed by atoms with Gasteiger partial charge in [-0.2, -0.15) is 0 Å². The predicted octanol–water partition coefficient (Wildman–Crippen LogP) is 4.70. The summed E-state index contributed by atoms with van der Waals surface area (Å²) in [6.45, 7) is 1.95. The van der Waals surface area contributed by atoms with Gasteiger partial charge in [0, 0.05) is 11.1 Å². The van der Waals surface area contributed by atoms with Crippen molar-refractivity contribution in [2.75, 3.05) is 5.32 Å². The first-order valence-corrected chi connectivity index (χ1v) is 6.15. The van der Waals surface area contributed by atoms with Crippen LogP contribution < -0.4 is 5.32 Å². The Morgan fingerprint density at radius 3 is 2.44 bits per heavy atom. The van der Waals surface area contributed by atoms with Gasteiger partial charge in [-0.1, -0.05) is 35.3 Å². The minimum Gasteiger partial charge on any atom is -0.363 e. The summed E-state index contributed by atoms with van der Waals surface area (Å²) in [5.41, 5.74) is 0.953. The van der Waals surface area contributed by atoms with Crippen molar-refractivity contribution in [1.82, 2.24) is 4.98 Å². The van der Waals surface area contributed by atoms with Crippen LogP contribution in [0.3, 0.4) is 0 Å². The van der Waals surface area contributed by atoms with Crippen LogP contribution in [0.1, 0.15) is 18.5 Å². The van der Waals surface area contributed by atoms with Gasteiger partial charge in [0.25, 0.3) is 0 Å². The summed E-state index contributed by atoms with van der Waals surface area (Å²) >= 11 is 11.7. The molecule has 0 aliphatic rings. The van der Waals surface area contributed by atoms with Gasteiger partial charge >= 0.3 is 0 Å². The van der Waals surface area contributed by atoms with Gasteiger partial charge < -0.3 is 5.32 Å². The van der Waals surface area contributed by atoms with Crippen molar-refractivity contribution in [2.24, 2.45) is 0 Å². The monoisotopic (exact) mass is 284 g/mol. The molecule has 18 heavy (non-hydrogen) atoms. The zero-order chi connectivity index (χ0) is 13.1. The first-order chi connectivity index (χ1) is 8.54. The fourth-order valence-corrected chi connectivity index (χ4v) is 2.07. The predicted molar refractivity (Wildman–Crippen MR) is 72.7 cm³/mol. The highest BCUT2D eigenvalue weighted by Gasteiger charge is 2.07. The molecule has 5 heteroatoms. The normalized spacial score (nSPS) is 12.2. The average molecular weight is 285 g/mol. The lowest BCUT2D eigenvalue weighted by Gasteiger charge is -2.15. The van der Waals surface area contributed by atoms with Crippen LogP contribution in [0.4, 0.5) is 10.2 Å². The van der Waals surface area contributed by atoms with Gasteiger partial charge in [-0.15, -0.1) is 0 Å². The quantitative estimate of drug-likeness (QED) is 0.827. The summed E-state index contributed by atoms with van der Waals surface area (Å²) in [4.78, 5) is 4.11. The van der Waals surface area contributed by atoms with Crippen LogP contribution in [0.15, 0.2) is 36.4 Å². The third-order valence-electron chi connectivity index (χ3n) is 2.49. The highest BCUT2D eigenvalue weighted by Crippen LogP contribution is 2.23. The molecular formula is C13H11Cl2FN2. The summed E-state index contributed by atoms with van der Waals surface area (Å²) in [7, 11) is 0. The van der Waals surface area contributed by atoms with Gasteiger partial charge in [-0.05, 0) is 36.8 Å². The van der Waals surface area contributed by atoms with Gasteiger partial charge in [0.05, 0.1) is 0 Å². The third kappa shape index (κ3) is 3.34. The van der Waals surface area contributed by atoms with Crippen molar-refractivity contribution in [3.8, 4) is 0 Å². The van der Waals surface area contributed by atoms with Crippen molar-refractivity contribution in [3.05, 3.63) is 58.0 Å². The lowest BCUT2D eigenvalue weighted by Crippen LogP contribution is -2.07. The van der Waals surface area contributed by atoms with Crippen molar-refractivity contribution in [3.63, 3.8) is 0 Å². The largest absolute Gasteiger partial charge is 0.363 e. The van der Waals surface area contributed by atoms with Crippen LogP contribution in [0, 0.1) is 5.82 Å². The number of nitrogens with zero attached hydrogens (tertiary/aromatic N) is 1. The van der Waals surface area contributed by atoms with E-state index in [-0.39, 0.29) is 11.9 Å². The summed E-state index contributed by atoms with van der Waals surface area (Å²) in [5.74, 6) is 0.333. The van der Waals surface area contributed by atoms with E-state index in [4.69, 9.17) is 23.2 Å². The Morgan fingerprint density at radius 1 is 1.17 bits per heavy atom. The van der Waals surface area contributed by atoms with E-state index in [9.17, 15) is 4.39 Å². The average Bonchev–Trinajstić information content (AvgIpc) is 2.28. The molecule has 94 valence electrons. The van der Waals surface area contributed by atoms with Crippen molar-refractivity contribution >= 4 is 29.0 Å². The molecule has 0 amide bonds. The van der Waals surface area contributed by atoms with E-state index in [1.807, 2.05) is 6.92 Å². The summed E-state index contributed by atoms with van der Waals surface area (Å²) < 4.78 is 12.8. The van der Waals surface area contributed by atoms with Gasteiger partial charge in [0.1, 0.15) is 16.8 Å². The summed E-state index contributed by atoms with van der Waals surface area (Å²) in [6.07, 6.45) is 0. The fraction of sp³-hybridized carbons (Fsp3) is 0.154. The molecule has 0 bridgehead atoms. The SMILES string of the molecule is C[C@H](Nc1cc(Cl)cc(Cl)n1)c1ccc(F)cc1. The summed E-state index contributed by atoms with van der Waals surface area (Å²) in [5, 5.41) is 4.00. The third-order valence-corrected chi connectivity index (χ3v) is 2.91. The zero-order valence-corrected chi connectivity index (χ0v) is 11.1. The number of hydrogen-bond acceptors (Lipinski definition) is 2. The second-order valence-corrected chi connectivity index (χ2v) is 4.73. The number of hydrogen-bond donors (Lipinski definition) is 1. The highest BCUT2D eigenvalue weighted by molar-refractivity contribution is 6.34. The van der Waals surface area contributed by atoms with Gasteiger partial charge in [0.15, 0.2) is 0 Å². The number of anilines is 1. The Hall–Kier alpha value is -1.32. The lowest BCUT2D eigenvalue weighted by atomic mass is 10.1. The molecule has 2 nitrogen and oxygen atoms in total. The molecule has 1 aromatic heterocycles. The molecular weight excluding hydrogens is 274 g/mol. The molecule has 0 saturated heterocycles. The maximum Gasteiger partial charge on any atom is 0.132 e. The van der Waals surface area contributed by atoms with E-state index in [0.717, 1.165) is 5.56 Å². The van der Waals surface area contributed by atoms with Crippen LogP contribution in [0.2, 0.25) is 10.2 Å². The van der Waals surface area contributed by atoms with Gasteiger partial charge in [-0.3, -0.25) is 0 Å². The van der Waals surface area contributed by atoms with E-state index in [1.165, 1.54) is 12.1 Å². The molecule has 1 aromatic carbocycles. The highest BCUT2D eigenvalue weighted by atomic mass is 35.5. The molecule has 2 aromatic rings. The number of nitrogens with one attached hydrogen (secondary N) is 1. The fourth-order valence-electron chi connectivity index (χ4n) is 1.60. The number of benzene rings is 1. The van der Waals surface area contributed by atoms with Gasteiger partial charge in [0.2, 0.25) is 0 Å². The molecule has 0 unspecified atom stereocenters. The lowest BCUT2D eigenvalue weighted by molar-refractivity contribution is 0.626. The Labute approximate surface area is 115 Å². The van der Waals surface area contributed by atoms with E-state index in [0.29, 0.717) is 16.0 Å². The molecule has 1 atom stereocenters. The molecule has 0 saturated carbocycles. The summed E-state index contributed by atoms with van der Waals surface area (Å²) in [6, 6.07) is 9.52. The van der Waals surface area contributed by atoms with Gasteiger partial charge in [-0.25, -0.2) is 9.37 Å². The molecule has 0 fully saturated rings. The van der Waals surface area contributed by atoms with E-state index >= 15 is 0 Å². The van der Waals surface area contributed by atoms with Crippen LogP contribution in [0.25, 0.3) is 0 Å². The Bertz CT molecular complexity index is 523. The van der Waals surface area contributed by atoms with Crippen LogP contribution >= 0.6 is 23.2 Å². The minimum absolute atomic E-state index is 0.0207. The van der Waals surface area contributed by atoms with Crippen molar-refractivity contribution in [2.45, 2.75) is 13.0 Å². The second-order valence-electron chi connectivity index (χ2n) is 3.91. The Morgan fingerprint density at radius 2 is 1.83 bits per heavy atom. The molecule has 0 aliphatic heterocycles. The topological polar surface area (TPSA) is 24.9 Å². The second kappa shape index (κ2) is 5.55. The van der Waals surface area contributed by atoms with E-state index in [2.05, 4.69) is 10.3 Å². The Balaban J connectivity index is 2.15. The number of halogens is 3. The maximum atomic E-state index is 12.8. The number of rotatable bonds is 3. The number of pyridine rings is 1. The standard InChI is InChI=1S/C13H11Cl2FN2/c1-8(9-2-4-11(16)5-3-9)17-13-7-10(14)6-12(15)18-13/h2-8H,1H3,(H,17,18)/t8-/m0/s1. The van der Waals surface area contributed by atoms with Crippen LogP contribution in [0.5, 0.6) is 0 Å². The van der Waals surface area contributed by atoms with E-state index < -0.39 is 0 Å². The zero-order valence-electron chi connectivity index (χ0n) is 9.62. The minimum atomic E-state index is -0.255. The first-order valence-electron chi connectivity index (χ1n) is 5.39. The molecule has 1 heterocycles. The molecule has 0 radical (unpaired) electrons. The maximum absolute atomic E-state index is 12.8. The molecule has 2 rings (SSSR count). The molecule has 1 N–H and O–H groups in total. The van der Waals surface area contributed by atoms with Crippen LogP contribution in [-0.4, -0.2) is 4.98 Å². The van der Waals surface area contributed by atoms with Crippen molar-refractivity contribution < 1.29 is 4.39 Å².